The number of para-hydroxylation sites is 1. The molecule has 1 fully saturated rings. The second-order valence-corrected chi connectivity index (χ2v) is 9.66. The predicted octanol–water partition coefficient (Wildman–Crippen LogP) is 5.61. The van der Waals surface area contributed by atoms with Crippen molar-refractivity contribution < 1.29 is 29.0 Å². The van der Waals surface area contributed by atoms with E-state index in [1.54, 1.807) is 23.1 Å². The van der Waals surface area contributed by atoms with E-state index in [0.29, 0.717) is 29.4 Å². The van der Waals surface area contributed by atoms with Crippen LogP contribution in [0.25, 0.3) is 0 Å². The fourth-order valence-corrected chi connectivity index (χ4v) is 4.72. The molecule has 0 saturated carbocycles. The third-order valence-corrected chi connectivity index (χ3v) is 6.87. The summed E-state index contributed by atoms with van der Waals surface area (Å²) in [6, 6.07) is 16.5. The number of methoxy groups -OCH3 is 1. The number of anilines is 2. The van der Waals surface area contributed by atoms with Crippen LogP contribution in [-0.4, -0.2) is 54.2 Å². The highest BCUT2D eigenvalue weighted by atomic mass is 35.5. The van der Waals surface area contributed by atoms with Crippen LogP contribution in [0.1, 0.15) is 34.3 Å². The van der Waals surface area contributed by atoms with E-state index in [4.69, 9.17) is 26.2 Å². The Bertz CT molecular complexity index is 1380. The van der Waals surface area contributed by atoms with Gasteiger partial charge in [-0.05, 0) is 67.3 Å². The number of hydrogen-bond acceptors (Lipinski definition) is 5. The number of nitrogens with zero attached hydrogens (tertiary/aromatic N) is 1. The predicted molar refractivity (Wildman–Crippen MR) is 149 cm³/mol. The average molecular weight is 552 g/mol. The number of amides is 3. The van der Waals surface area contributed by atoms with E-state index >= 15 is 0 Å². The van der Waals surface area contributed by atoms with Crippen LogP contribution >= 0.6 is 11.6 Å². The molecule has 1 heterocycles. The minimum absolute atomic E-state index is 0.0477. The van der Waals surface area contributed by atoms with Gasteiger partial charge in [0.05, 0.1) is 35.8 Å². The number of nitrogens with one attached hydrogen (secondary N) is 2. The van der Waals surface area contributed by atoms with Crippen molar-refractivity contribution in [2.24, 2.45) is 0 Å². The summed E-state index contributed by atoms with van der Waals surface area (Å²) in [7, 11) is 1.51. The maximum absolute atomic E-state index is 13.2. The van der Waals surface area contributed by atoms with Crippen LogP contribution in [0.5, 0.6) is 11.5 Å². The highest BCUT2D eigenvalue weighted by molar-refractivity contribution is 6.32. The van der Waals surface area contributed by atoms with Gasteiger partial charge in [0.1, 0.15) is 18.1 Å². The molecule has 3 N–H and O–H groups in total. The van der Waals surface area contributed by atoms with E-state index in [1.165, 1.54) is 25.3 Å². The van der Waals surface area contributed by atoms with Gasteiger partial charge in [-0.25, -0.2) is 9.59 Å². The van der Waals surface area contributed by atoms with Crippen LogP contribution in [0.15, 0.2) is 60.7 Å². The third-order valence-electron chi connectivity index (χ3n) is 6.57. The molecule has 0 unspecified atom stereocenters. The number of ether oxygens (including phenoxy) is 2. The summed E-state index contributed by atoms with van der Waals surface area (Å²) in [6.45, 7) is 2.78. The summed E-state index contributed by atoms with van der Waals surface area (Å²) in [5.74, 6) is -0.295. The second kappa shape index (κ2) is 12.5. The largest absolute Gasteiger partial charge is 0.495 e. The van der Waals surface area contributed by atoms with Crippen molar-refractivity contribution >= 4 is 40.9 Å². The topological polar surface area (TPSA) is 117 Å². The lowest BCUT2D eigenvalue weighted by atomic mass is 10.1. The average Bonchev–Trinajstić information content (AvgIpc) is 3.39. The lowest BCUT2D eigenvalue weighted by Gasteiger charge is -2.25. The van der Waals surface area contributed by atoms with Gasteiger partial charge in [-0.15, -0.1) is 0 Å². The number of benzene rings is 3. The summed E-state index contributed by atoms with van der Waals surface area (Å²) in [6.07, 6.45) is 1.81. The zero-order valence-corrected chi connectivity index (χ0v) is 22.5. The van der Waals surface area contributed by atoms with E-state index in [2.05, 4.69) is 10.6 Å². The van der Waals surface area contributed by atoms with E-state index in [-0.39, 0.29) is 35.6 Å². The number of likely N-dealkylation sites (tertiary alicyclic amines) is 1. The van der Waals surface area contributed by atoms with Gasteiger partial charge < -0.3 is 30.1 Å². The maximum Gasteiger partial charge on any atom is 0.335 e. The van der Waals surface area contributed by atoms with Crippen molar-refractivity contribution in [1.29, 1.82) is 0 Å². The second-order valence-electron chi connectivity index (χ2n) is 9.25. The molecule has 204 valence electrons. The summed E-state index contributed by atoms with van der Waals surface area (Å²) in [5.41, 5.74) is 2.96. The van der Waals surface area contributed by atoms with Gasteiger partial charge in [0.2, 0.25) is 5.91 Å². The molecule has 1 saturated heterocycles. The molecule has 39 heavy (non-hydrogen) atoms. The first-order valence-electron chi connectivity index (χ1n) is 12.5. The molecule has 9 nitrogen and oxygen atoms in total. The first kappa shape index (κ1) is 27.8. The van der Waals surface area contributed by atoms with Crippen LogP contribution in [0.3, 0.4) is 0 Å². The molecule has 1 atom stereocenters. The molecule has 3 aromatic carbocycles. The Morgan fingerprint density at radius 2 is 1.79 bits per heavy atom. The van der Waals surface area contributed by atoms with Crippen molar-refractivity contribution in [3.63, 3.8) is 0 Å². The fourth-order valence-electron chi connectivity index (χ4n) is 4.49. The van der Waals surface area contributed by atoms with Crippen LogP contribution in [0.4, 0.5) is 16.2 Å². The van der Waals surface area contributed by atoms with Gasteiger partial charge in [0, 0.05) is 12.2 Å². The Morgan fingerprint density at radius 1 is 1.03 bits per heavy atom. The van der Waals surface area contributed by atoms with Gasteiger partial charge >= 0.3 is 12.0 Å². The lowest BCUT2D eigenvalue weighted by Crippen LogP contribution is -2.39. The highest BCUT2D eigenvalue weighted by Gasteiger charge is 2.29. The minimum atomic E-state index is -1.07. The third kappa shape index (κ3) is 7.00. The van der Waals surface area contributed by atoms with E-state index in [0.717, 1.165) is 24.0 Å². The Balaban J connectivity index is 1.36. The Labute approximate surface area is 231 Å². The Kier molecular flexibility index (Phi) is 8.93. The smallest absolute Gasteiger partial charge is 0.335 e. The molecule has 1 aliphatic heterocycles. The number of halogens is 1. The molecule has 3 amide bonds. The molecule has 0 spiro atoms. The Hall–Kier alpha value is -4.24. The molecule has 0 radical (unpaired) electrons. The van der Waals surface area contributed by atoms with Crippen molar-refractivity contribution in [2.45, 2.75) is 32.2 Å². The van der Waals surface area contributed by atoms with E-state index in [1.807, 2.05) is 31.2 Å². The number of urea groups is 1. The molecule has 1 aliphatic rings. The maximum atomic E-state index is 13.2. The van der Waals surface area contributed by atoms with Gasteiger partial charge in [-0.3, -0.25) is 4.79 Å². The number of carboxylic acid groups (broad SMARTS) is 1. The summed E-state index contributed by atoms with van der Waals surface area (Å²) in [5, 5.41) is 14.9. The highest BCUT2D eigenvalue weighted by Crippen LogP contribution is 2.29. The molecular weight excluding hydrogens is 522 g/mol. The number of carbonyl (C=O) groups is 3. The van der Waals surface area contributed by atoms with Crippen molar-refractivity contribution in [3.05, 3.63) is 82.4 Å². The fraction of sp³-hybridized carbons (Fsp3) is 0.276. The number of carbonyl (C=O) groups excluding carboxylic acids is 2. The van der Waals surface area contributed by atoms with E-state index < -0.39 is 12.0 Å². The van der Waals surface area contributed by atoms with Gasteiger partial charge in [-0.2, -0.15) is 0 Å². The van der Waals surface area contributed by atoms with Gasteiger partial charge in [0.25, 0.3) is 0 Å². The normalized spacial score (nSPS) is 14.5. The van der Waals surface area contributed by atoms with Crippen LogP contribution in [-0.2, 0) is 11.2 Å². The molecule has 10 heteroatoms. The van der Waals surface area contributed by atoms with Crippen LogP contribution < -0.4 is 20.1 Å². The molecule has 0 bridgehead atoms. The first-order chi connectivity index (χ1) is 18.7. The Morgan fingerprint density at radius 3 is 2.51 bits per heavy atom. The molecule has 0 aromatic heterocycles. The number of aromatic carboxylic acids is 1. The van der Waals surface area contributed by atoms with Crippen LogP contribution in [0.2, 0.25) is 5.02 Å². The summed E-state index contributed by atoms with van der Waals surface area (Å²) in [4.78, 5) is 38.6. The number of carboxylic acids is 1. The quantitative estimate of drug-likeness (QED) is 0.318. The van der Waals surface area contributed by atoms with Crippen LogP contribution in [0, 0.1) is 6.92 Å². The van der Waals surface area contributed by atoms with Crippen molar-refractivity contribution in [1.82, 2.24) is 4.90 Å². The number of aryl methyl sites for hydroxylation is 1. The van der Waals surface area contributed by atoms with Gasteiger partial charge in [-0.1, -0.05) is 35.9 Å². The first-order valence-corrected chi connectivity index (χ1v) is 12.9. The van der Waals surface area contributed by atoms with E-state index in [9.17, 15) is 14.4 Å². The monoisotopic (exact) mass is 551 g/mol. The SMILES string of the molecule is COc1cc(CC(=O)N2CCC[C@H]2COc2ccc(C(=O)O)cc2Cl)ccc1NC(=O)Nc1ccccc1C. The lowest BCUT2D eigenvalue weighted by molar-refractivity contribution is -0.131. The molecule has 4 rings (SSSR count). The summed E-state index contributed by atoms with van der Waals surface area (Å²) >= 11 is 6.17. The van der Waals surface area contributed by atoms with Crippen molar-refractivity contribution in [3.8, 4) is 11.5 Å². The summed E-state index contributed by atoms with van der Waals surface area (Å²) < 4.78 is 11.3. The molecular formula is C29H30ClN3O6. The van der Waals surface area contributed by atoms with Gasteiger partial charge in [0.15, 0.2) is 0 Å². The zero-order chi connectivity index (χ0) is 27.9. The standard InChI is InChI=1S/C29H30ClN3O6/c1-18-6-3-4-8-23(18)31-29(37)32-24-11-9-19(14-26(24)38-2)15-27(34)33-13-5-7-21(33)17-39-25-12-10-20(28(35)36)16-22(25)30/h3-4,6,8-12,14,16,21H,5,7,13,15,17H2,1-2H3,(H,35,36)(H2,31,32,37)/t21-/m0/s1. The molecule has 0 aliphatic carbocycles. The zero-order valence-electron chi connectivity index (χ0n) is 21.7. The minimum Gasteiger partial charge on any atom is -0.495 e. The molecule has 3 aromatic rings. The number of hydrogen-bond donors (Lipinski definition) is 3. The number of rotatable bonds is 9. The van der Waals surface area contributed by atoms with Crippen molar-refractivity contribution in [2.75, 3.05) is 30.9 Å².